The Morgan fingerprint density at radius 3 is 1.75 bits per heavy atom. The van der Waals surface area contributed by atoms with E-state index in [0.29, 0.717) is 16.7 Å². The summed E-state index contributed by atoms with van der Waals surface area (Å²) in [5, 5.41) is 37.8. The Morgan fingerprint density at radius 1 is 0.688 bits per heavy atom. The van der Waals surface area contributed by atoms with Crippen molar-refractivity contribution in [3.63, 3.8) is 0 Å². The second kappa shape index (κ2) is 16.1. The Kier molecular flexibility index (Phi) is 11.7. The van der Waals surface area contributed by atoms with E-state index in [-0.39, 0.29) is 43.6 Å². The molecular formula is C34H38N6O8. The highest BCUT2D eigenvalue weighted by Crippen LogP contribution is 2.20. The minimum Gasteiger partial charge on any atom is -0.508 e. The Morgan fingerprint density at radius 2 is 1.19 bits per heavy atom. The summed E-state index contributed by atoms with van der Waals surface area (Å²) in [7, 11) is 0. The SMILES string of the molecule is NC(=O)CCC(N)C(=O)NC(Cc1ccc(O)cc1)C(=O)NC(Cc1c[nH]c2ccccc12)C(=O)NC(Cc1ccc(O)cc1)C(=O)O. The van der Waals surface area contributed by atoms with E-state index in [2.05, 4.69) is 20.9 Å². The molecule has 11 N–H and O–H groups in total. The van der Waals surface area contributed by atoms with Gasteiger partial charge in [0.1, 0.15) is 29.6 Å². The predicted octanol–water partition coefficient (Wildman–Crippen LogP) is 0.739. The van der Waals surface area contributed by atoms with Crippen molar-refractivity contribution in [2.24, 2.45) is 11.5 Å². The highest BCUT2D eigenvalue weighted by molar-refractivity contribution is 5.95. The van der Waals surface area contributed by atoms with Crippen molar-refractivity contribution in [3.8, 4) is 11.5 Å². The van der Waals surface area contributed by atoms with Crippen LogP contribution >= 0.6 is 0 Å². The van der Waals surface area contributed by atoms with Crippen LogP contribution in [0.1, 0.15) is 29.5 Å². The molecule has 252 valence electrons. The van der Waals surface area contributed by atoms with Crippen LogP contribution in [0.2, 0.25) is 0 Å². The lowest BCUT2D eigenvalue weighted by atomic mass is 10.0. The van der Waals surface area contributed by atoms with Crippen molar-refractivity contribution in [3.05, 3.63) is 95.7 Å². The molecule has 0 aliphatic rings. The second-order valence-corrected chi connectivity index (χ2v) is 11.4. The molecule has 4 amide bonds. The van der Waals surface area contributed by atoms with Crippen molar-refractivity contribution >= 4 is 40.5 Å². The second-order valence-electron chi connectivity index (χ2n) is 11.4. The van der Waals surface area contributed by atoms with E-state index >= 15 is 0 Å². The number of para-hydroxylation sites is 1. The summed E-state index contributed by atoms with van der Waals surface area (Å²) in [6.45, 7) is 0. The van der Waals surface area contributed by atoms with Gasteiger partial charge in [-0.25, -0.2) is 4.79 Å². The lowest BCUT2D eigenvalue weighted by Crippen LogP contribution is -2.58. The van der Waals surface area contributed by atoms with Gasteiger partial charge in [0.15, 0.2) is 0 Å². The predicted molar refractivity (Wildman–Crippen MR) is 175 cm³/mol. The van der Waals surface area contributed by atoms with Crippen LogP contribution in [-0.2, 0) is 43.2 Å². The number of amides is 4. The van der Waals surface area contributed by atoms with Gasteiger partial charge in [0, 0.05) is 42.8 Å². The van der Waals surface area contributed by atoms with Crippen molar-refractivity contribution in [2.75, 3.05) is 0 Å². The molecule has 48 heavy (non-hydrogen) atoms. The van der Waals surface area contributed by atoms with E-state index in [0.717, 1.165) is 10.9 Å². The number of hydrogen-bond donors (Lipinski definition) is 9. The largest absolute Gasteiger partial charge is 0.508 e. The van der Waals surface area contributed by atoms with Crippen LogP contribution in [0.25, 0.3) is 10.9 Å². The fraction of sp³-hybridized carbons (Fsp3) is 0.265. The highest BCUT2D eigenvalue weighted by atomic mass is 16.4. The van der Waals surface area contributed by atoms with Gasteiger partial charge in [-0.1, -0.05) is 42.5 Å². The molecule has 14 heteroatoms. The first-order valence-corrected chi connectivity index (χ1v) is 15.2. The number of aromatic hydroxyl groups is 2. The van der Waals surface area contributed by atoms with Gasteiger partial charge in [-0.15, -0.1) is 0 Å². The zero-order chi connectivity index (χ0) is 34.8. The number of carboxylic acid groups (broad SMARTS) is 1. The van der Waals surface area contributed by atoms with Crippen LogP contribution in [0.15, 0.2) is 79.0 Å². The van der Waals surface area contributed by atoms with Crippen molar-refractivity contribution in [1.29, 1.82) is 0 Å². The standard InChI is InChI=1S/C34H38N6O8/c35-25(13-14-30(36)43)31(44)38-27(15-19-5-9-22(41)10-6-19)32(45)39-28(17-21-18-37-26-4-2-1-3-24(21)26)33(46)40-29(34(47)48)16-20-7-11-23(42)12-8-20/h1-12,18,25,27-29,37,41-42H,13-17,35H2,(H2,36,43)(H,38,44)(H,39,45)(H,40,46)(H,47,48). The monoisotopic (exact) mass is 658 g/mol. The average molecular weight is 659 g/mol. The summed E-state index contributed by atoms with van der Waals surface area (Å²) in [6.07, 6.45) is 1.29. The van der Waals surface area contributed by atoms with Gasteiger partial charge in [0.25, 0.3) is 0 Å². The van der Waals surface area contributed by atoms with Gasteiger partial charge in [-0.2, -0.15) is 0 Å². The lowest BCUT2D eigenvalue weighted by molar-refractivity contribution is -0.142. The first kappa shape index (κ1) is 35.0. The van der Waals surface area contributed by atoms with E-state index in [1.165, 1.54) is 36.4 Å². The maximum Gasteiger partial charge on any atom is 0.326 e. The number of fused-ring (bicyclic) bond motifs is 1. The number of nitrogens with one attached hydrogen (secondary N) is 4. The fourth-order valence-electron chi connectivity index (χ4n) is 5.13. The van der Waals surface area contributed by atoms with Gasteiger partial charge in [-0.3, -0.25) is 19.2 Å². The van der Waals surface area contributed by atoms with Crippen LogP contribution in [0, 0.1) is 0 Å². The summed E-state index contributed by atoms with van der Waals surface area (Å²) in [5.41, 5.74) is 13.7. The fourth-order valence-corrected chi connectivity index (χ4v) is 5.13. The number of aromatic nitrogens is 1. The Bertz CT molecular complexity index is 1760. The molecule has 0 bridgehead atoms. The molecule has 3 aromatic carbocycles. The number of aliphatic carboxylic acids is 1. The van der Waals surface area contributed by atoms with E-state index in [9.17, 15) is 39.3 Å². The molecular weight excluding hydrogens is 620 g/mol. The Balaban J connectivity index is 1.61. The minimum absolute atomic E-state index is 0.000981. The Labute approximate surface area is 275 Å². The molecule has 0 aliphatic carbocycles. The third-order valence-corrected chi connectivity index (χ3v) is 7.77. The van der Waals surface area contributed by atoms with Crippen molar-refractivity contribution in [2.45, 2.75) is 56.3 Å². The number of rotatable bonds is 16. The summed E-state index contributed by atoms with van der Waals surface area (Å²) in [4.78, 5) is 67.2. The van der Waals surface area contributed by atoms with Crippen LogP contribution in [-0.4, -0.2) is 74.1 Å². The van der Waals surface area contributed by atoms with Crippen LogP contribution in [0.3, 0.4) is 0 Å². The molecule has 0 radical (unpaired) electrons. The maximum atomic E-state index is 13.9. The number of H-pyrrole nitrogens is 1. The molecule has 0 saturated heterocycles. The molecule has 4 atom stereocenters. The van der Waals surface area contributed by atoms with E-state index in [1.54, 1.807) is 18.3 Å². The van der Waals surface area contributed by atoms with Gasteiger partial charge >= 0.3 is 5.97 Å². The molecule has 0 spiro atoms. The number of hydrogen-bond acceptors (Lipinski definition) is 8. The number of benzene rings is 3. The molecule has 1 aromatic heterocycles. The highest BCUT2D eigenvalue weighted by Gasteiger charge is 2.31. The molecule has 0 fully saturated rings. The molecule has 14 nitrogen and oxygen atoms in total. The number of nitrogens with two attached hydrogens (primary N) is 2. The third-order valence-electron chi connectivity index (χ3n) is 7.77. The molecule has 0 saturated carbocycles. The van der Waals surface area contributed by atoms with Crippen LogP contribution < -0.4 is 27.4 Å². The topological polar surface area (TPSA) is 250 Å². The van der Waals surface area contributed by atoms with Gasteiger partial charge in [0.2, 0.25) is 23.6 Å². The molecule has 4 aromatic rings. The van der Waals surface area contributed by atoms with Gasteiger partial charge in [-0.05, 0) is 53.4 Å². The van der Waals surface area contributed by atoms with Crippen molar-refractivity contribution in [1.82, 2.24) is 20.9 Å². The average Bonchev–Trinajstić information content (AvgIpc) is 3.47. The summed E-state index contributed by atoms with van der Waals surface area (Å²) < 4.78 is 0. The Hall–Kier alpha value is -5.89. The van der Waals surface area contributed by atoms with E-state index < -0.39 is 53.8 Å². The summed E-state index contributed by atoms with van der Waals surface area (Å²) in [6, 6.07) is 14.1. The number of carboxylic acids is 1. The number of aromatic amines is 1. The number of phenols is 2. The zero-order valence-electron chi connectivity index (χ0n) is 25.9. The number of phenolic OH excluding ortho intramolecular Hbond substituents is 2. The van der Waals surface area contributed by atoms with Crippen molar-refractivity contribution < 1.29 is 39.3 Å². The molecule has 4 rings (SSSR count). The smallest absolute Gasteiger partial charge is 0.326 e. The minimum atomic E-state index is -1.37. The number of carbonyl (C=O) groups excluding carboxylic acids is 4. The molecule has 0 aliphatic heterocycles. The molecule has 4 unspecified atom stereocenters. The van der Waals surface area contributed by atoms with Crippen LogP contribution in [0.5, 0.6) is 11.5 Å². The van der Waals surface area contributed by atoms with Gasteiger partial charge < -0.3 is 47.7 Å². The van der Waals surface area contributed by atoms with Crippen LogP contribution in [0.4, 0.5) is 0 Å². The van der Waals surface area contributed by atoms with Gasteiger partial charge in [0.05, 0.1) is 6.04 Å². The zero-order valence-corrected chi connectivity index (χ0v) is 25.9. The normalized spacial score (nSPS) is 13.5. The quantitative estimate of drug-likeness (QED) is 0.0822. The third kappa shape index (κ3) is 9.80. The summed E-state index contributed by atoms with van der Waals surface area (Å²) in [5.74, 6) is -4.24. The first-order valence-electron chi connectivity index (χ1n) is 15.2. The maximum absolute atomic E-state index is 13.9. The number of primary amides is 1. The lowest BCUT2D eigenvalue weighted by Gasteiger charge is -2.25. The number of carbonyl (C=O) groups is 5. The summed E-state index contributed by atoms with van der Waals surface area (Å²) >= 11 is 0. The first-order chi connectivity index (χ1) is 22.9. The van der Waals surface area contributed by atoms with E-state index in [4.69, 9.17) is 11.5 Å². The molecule has 1 heterocycles. The van der Waals surface area contributed by atoms with E-state index in [1.807, 2.05) is 24.3 Å².